The van der Waals surface area contributed by atoms with Crippen LogP contribution in [0.4, 0.5) is 0 Å². The van der Waals surface area contributed by atoms with Gasteiger partial charge < -0.3 is 19.7 Å². The van der Waals surface area contributed by atoms with Crippen molar-refractivity contribution in [2.45, 2.75) is 77.7 Å². The van der Waals surface area contributed by atoms with Gasteiger partial charge in [-0.2, -0.15) is 0 Å². The van der Waals surface area contributed by atoms with Crippen molar-refractivity contribution in [2.75, 3.05) is 26.8 Å². The average molecular weight is 472 g/mol. The Morgan fingerprint density at radius 1 is 1.15 bits per heavy atom. The Morgan fingerprint density at radius 2 is 2.00 bits per heavy atom. The van der Waals surface area contributed by atoms with E-state index in [1.54, 1.807) is 7.11 Å². The monoisotopic (exact) mass is 471 g/mol. The summed E-state index contributed by atoms with van der Waals surface area (Å²) in [7, 11) is 1.64. The van der Waals surface area contributed by atoms with E-state index in [0.717, 1.165) is 69.5 Å². The van der Waals surface area contributed by atoms with E-state index in [4.69, 9.17) is 14.4 Å². The number of allylic oxidation sites excluding steroid dienone is 1. The summed E-state index contributed by atoms with van der Waals surface area (Å²) >= 11 is 0. The zero-order valence-corrected chi connectivity index (χ0v) is 21.1. The van der Waals surface area contributed by atoms with E-state index in [1.807, 2.05) is 0 Å². The molecule has 0 spiro atoms. The molecule has 34 heavy (non-hydrogen) atoms. The Labute approximate surface area is 203 Å². The number of oxime groups is 2. The smallest absolute Gasteiger partial charge is 0.302 e. The van der Waals surface area contributed by atoms with Crippen molar-refractivity contribution in [3.8, 4) is 0 Å². The van der Waals surface area contributed by atoms with Crippen LogP contribution in [0.15, 0.2) is 22.5 Å². The van der Waals surface area contributed by atoms with Gasteiger partial charge in [0.2, 0.25) is 0 Å². The van der Waals surface area contributed by atoms with Crippen molar-refractivity contribution in [3.05, 3.63) is 12.2 Å². The number of ether oxygens (including phenoxy) is 1. The Bertz CT molecular complexity index is 879. The molecule has 7 unspecified atom stereocenters. The molecule has 7 nitrogen and oxygen atoms in total. The molecule has 0 aromatic heterocycles. The molecule has 5 fully saturated rings. The third-order valence-electron chi connectivity index (χ3n) is 10.1. The standard InChI is InChI=1S/C27H41N3O4/c1-17-5-6-22-21-14-25(30-32-4)24-13-19(29-34-20-9-12-28-15-20)7-11-27(24,16-33-18(2)31)23(21)8-10-26(17,22)3/h20-24,28H,1,5-16H2,2-4H3. The molecule has 1 saturated heterocycles. The van der Waals surface area contributed by atoms with Crippen LogP contribution in [-0.4, -0.2) is 50.3 Å². The number of esters is 1. The number of carbonyl (C=O) groups excluding carboxylic acids is 1. The molecule has 0 radical (unpaired) electrons. The quantitative estimate of drug-likeness (QED) is 0.363. The number of carbonyl (C=O) groups is 1. The van der Waals surface area contributed by atoms with Crippen LogP contribution < -0.4 is 5.32 Å². The maximum absolute atomic E-state index is 12.0. The van der Waals surface area contributed by atoms with Gasteiger partial charge >= 0.3 is 5.97 Å². The molecule has 1 heterocycles. The molecule has 5 rings (SSSR count). The topological polar surface area (TPSA) is 81.5 Å². The minimum absolute atomic E-state index is 0.120. The molecular weight excluding hydrogens is 430 g/mol. The molecular formula is C27H41N3O4. The van der Waals surface area contributed by atoms with E-state index in [9.17, 15) is 4.79 Å². The molecule has 0 aromatic carbocycles. The van der Waals surface area contributed by atoms with Crippen LogP contribution in [-0.2, 0) is 19.2 Å². The molecule has 188 valence electrons. The summed E-state index contributed by atoms with van der Waals surface area (Å²) in [5, 5.41) is 12.6. The van der Waals surface area contributed by atoms with Gasteiger partial charge in [-0.1, -0.05) is 29.4 Å². The van der Waals surface area contributed by atoms with Crippen LogP contribution in [0.2, 0.25) is 0 Å². The first-order valence-electron chi connectivity index (χ1n) is 13.2. The Morgan fingerprint density at radius 3 is 2.74 bits per heavy atom. The Hall–Kier alpha value is -1.89. The number of fused-ring (bicyclic) bond motifs is 5. The SMILES string of the molecule is C=C1CCC2C3CC(=NOC)C4CC(=NOC5CCNC5)CCC4(COC(C)=O)C3CCC12C. The lowest BCUT2D eigenvalue weighted by molar-refractivity contribution is -0.153. The minimum atomic E-state index is -0.202. The first-order valence-corrected chi connectivity index (χ1v) is 13.2. The lowest BCUT2D eigenvalue weighted by Gasteiger charge is -2.60. The summed E-state index contributed by atoms with van der Waals surface area (Å²) < 4.78 is 5.82. The summed E-state index contributed by atoms with van der Waals surface area (Å²) in [6.45, 7) is 10.7. The van der Waals surface area contributed by atoms with Gasteiger partial charge in [0.1, 0.15) is 13.2 Å². The second-order valence-corrected chi connectivity index (χ2v) is 11.6. The molecule has 5 aliphatic rings. The lowest BCUT2D eigenvalue weighted by Crippen LogP contribution is -2.59. The fourth-order valence-corrected chi connectivity index (χ4v) is 8.25. The van der Waals surface area contributed by atoms with Crippen LogP contribution in [0.1, 0.15) is 71.6 Å². The maximum atomic E-state index is 12.0. The summed E-state index contributed by atoms with van der Waals surface area (Å²) in [4.78, 5) is 23.3. The predicted molar refractivity (Wildman–Crippen MR) is 131 cm³/mol. The van der Waals surface area contributed by atoms with Crippen LogP contribution in [0, 0.1) is 34.5 Å². The van der Waals surface area contributed by atoms with E-state index >= 15 is 0 Å². The van der Waals surface area contributed by atoms with Gasteiger partial charge in [0.15, 0.2) is 0 Å². The molecule has 0 amide bonds. The Kier molecular flexibility index (Phi) is 6.51. The molecule has 7 atom stereocenters. The third kappa shape index (κ3) is 3.98. The number of hydrogen-bond acceptors (Lipinski definition) is 7. The van der Waals surface area contributed by atoms with Gasteiger partial charge in [-0.15, -0.1) is 0 Å². The number of rotatable bonds is 5. The van der Waals surface area contributed by atoms with Crippen molar-refractivity contribution in [1.82, 2.24) is 5.32 Å². The van der Waals surface area contributed by atoms with E-state index in [-0.39, 0.29) is 28.8 Å². The molecule has 0 bridgehead atoms. The van der Waals surface area contributed by atoms with Crippen LogP contribution in [0.25, 0.3) is 0 Å². The summed E-state index contributed by atoms with van der Waals surface area (Å²) in [6.07, 6.45) is 9.44. The highest BCUT2D eigenvalue weighted by molar-refractivity contribution is 5.95. The van der Waals surface area contributed by atoms with E-state index in [0.29, 0.717) is 24.4 Å². The van der Waals surface area contributed by atoms with E-state index in [2.05, 4.69) is 29.1 Å². The highest BCUT2D eigenvalue weighted by atomic mass is 16.6. The first kappa shape index (κ1) is 23.8. The second-order valence-electron chi connectivity index (χ2n) is 11.6. The van der Waals surface area contributed by atoms with Gasteiger partial charge in [-0.25, -0.2) is 0 Å². The fraction of sp³-hybridized carbons (Fsp3) is 0.815. The maximum Gasteiger partial charge on any atom is 0.302 e. The number of nitrogens with one attached hydrogen (secondary N) is 1. The van der Waals surface area contributed by atoms with E-state index in [1.165, 1.54) is 25.3 Å². The highest BCUT2D eigenvalue weighted by Crippen LogP contribution is 2.66. The zero-order valence-electron chi connectivity index (χ0n) is 21.1. The lowest BCUT2D eigenvalue weighted by atomic mass is 9.44. The van der Waals surface area contributed by atoms with Crippen molar-refractivity contribution in [2.24, 2.45) is 44.8 Å². The zero-order chi connectivity index (χ0) is 23.9. The Balaban J connectivity index is 1.47. The summed E-state index contributed by atoms with van der Waals surface area (Å²) in [6, 6.07) is 0. The molecule has 7 heteroatoms. The van der Waals surface area contributed by atoms with Crippen molar-refractivity contribution < 1.29 is 19.2 Å². The van der Waals surface area contributed by atoms with Crippen LogP contribution >= 0.6 is 0 Å². The van der Waals surface area contributed by atoms with Gasteiger partial charge in [0.05, 0.1) is 18.0 Å². The molecule has 0 aromatic rings. The molecule has 4 aliphatic carbocycles. The molecule has 1 aliphatic heterocycles. The van der Waals surface area contributed by atoms with Gasteiger partial charge in [0, 0.05) is 31.2 Å². The molecule has 1 N–H and O–H groups in total. The number of nitrogens with zero attached hydrogens (tertiary/aromatic N) is 2. The number of hydrogen-bond donors (Lipinski definition) is 1. The van der Waals surface area contributed by atoms with Crippen molar-refractivity contribution in [1.29, 1.82) is 0 Å². The van der Waals surface area contributed by atoms with Crippen molar-refractivity contribution >= 4 is 17.4 Å². The summed E-state index contributed by atoms with van der Waals surface area (Å²) in [5.74, 6) is 1.62. The van der Waals surface area contributed by atoms with Gasteiger partial charge in [-0.3, -0.25) is 4.79 Å². The summed E-state index contributed by atoms with van der Waals surface area (Å²) in [5.41, 5.74) is 3.75. The fourth-order valence-electron chi connectivity index (χ4n) is 8.25. The predicted octanol–water partition coefficient (Wildman–Crippen LogP) is 4.48. The third-order valence-corrected chi connectivity index (χ3v) is 10.1. The normalized spacial score (nSPS) is 43.9. The second kappa shape index (κ2) is 9.29. The molecule has 4 saturated carbocycles. The minimum Gasteiger partial charge on any atom is -0.465 e. The van der Waals surface area contributed by atoms with Crippen LogP contribution in [0.5, 0.6) is 0 Å². The average Bonchev–Trinajstić information content (AvgIpc) is 3.45. The first-order chi connectivity index (χ1) is 16.4. The van der Waals surface area contributed by atoms with Crippen molar-refractivity contribution in [3.63, 3.8) is 0 Å². The van der Waals surface area contributed by atoms with Gasteiger partial charge in [-0.05, 0) is 81.1 Å². The van der Waals surface area contributed by atoms with Gasteiger partial charge in [0.25, 0.3) is 0 Å². The largest absolute Gasteiger partial charge is 0.465 e. The van der Waals surface area contributed by atoms with Crippen LogP contribution in [0.3, 0.4) is 0 Å². The highest BCUT2D eigenvalue weighted by Gasteiger charge is 2.62. The van der Waals surface area contributed by atoms with E-state index < -0.39 is 0 Å².